The predicted octanol–water partition coefficient (Wildman–Crippen LogP) is 1.47. The molecule has 1 saturated heterocycles. The lowest BCUT2D eigenvalue weighted by Crippen LogP contribution is -2.50. The highest BCUT2D eigenvalue weighted by Crippen LogP contribution is 2.37. The molecule has 0 bridgehead atoms. The Labute approximate surface area is 172 Å². The summed E-state index contributed by atoms with van der Waals surface area (Å²) in [6.45, 7) is 1.73. The van der Waals surface area contributed by atoms with Gasteiger partial charge in [0.15, 0.2) is 0 Å². The van der Waals surface area contributed by atoms with Gasteiger partial charge in [-0.15, -0.1) is 0 Å². The molecule has 2 aromatic rings. The van der Waals surface area contributed by atoms with Gasteiger partial charge in [0, 0.05) is 18.0 Å². The maximum Gasteiger partial charge on any atom is 0.340 e. The molecule has 158 valence electrons. The van der Waals surface area contributed by atoms with E-state index in [2.05, 4.69) is 38.2 Å². The van der Waals surface area contributed by atoms with Gasteiger partial charge in [-0.25, -0.2) is 10.2 Å². The van der Waals surface area contributed by atoms with Crippen LogP contribution < -0.4 is 16.2 Å². The molecule has 4 amide bonds. The van der Waals surface area contributed by atoms with Crippen LogP contribution >= 0.6 is 0 Å². The molecule has 0 aromatic carbocycles. The van der Waals surface area contributed by atoms with Crippen LogP contribution in [0.25, 0.3) is 11.4 Å². The van der Waals surface area contributed by atoms with Crippen molar-refractivity contribution in [3.63, 3.8) is 0 Å². The third-order valence-corrected chi connectivity index (χ3v) is 5.76. The largest absolute Gasteiger partial charge is 0.340 e. The second-order valence-electron chi connectivity index (χ2n) is 7.59. The Morgan fingerprint density at radius 1 is 1.30 bits per heavy atom. The van der Waals surface area contributed by atoms with Gasteiger partial charge in [0.25, 0.3) is 11.8 Å². The van der Waals surface area contributed by atoms with Gasteiger partial charge in [0.1, 0.15) is 12.1 Å². The molecule has 1 aliphatic carbocycles. The molecule has 2 aliphatic rings. The quantitative estimate of drug-likeness (QED) is 0.477. The molecule has 3 heterocycles. The van der Waals surface area contributed by atoms with Gasteiger partial charge in [0.2, 0.25) is 5.82 Å². The summed E-state index contributed by atoms with van der Waals surface area (Å²) >= 11 is 0. The smallest absolute Gasteiger partial charge is 0.323 e. The van der Waals surface area contributed by atoms with Crippen molar-refractivity contribution in [2.24, 2.45) is 5.92 Å². The molecule has 0 radical (unpaired) electrons. The average Bonchev–Trinajstić information content (AvgIpc) is 3.33. The zero-order valence-electron chi connectivity index (χ0n) is 16.6. The Hall–Kier alpha value is -3.50. The van der Waals surface area contributed by atoms with E-state index in [4.69, 9.17) is 4.52 Å². The van der Waals surface area contributed by atoms with Crippen LogP contribution in [0.1, 0.15) is 39.0 Å². The van der Waals surface area contributed by atoms with E-state index in [1.807, 2.05) is 0 Å². The Kier molecular flexibility index (Phi) is 5.34. The van der Waals surface area contributed by atoms with E-state index < -0.39 is 24.0 Å². The van der Waals surface area contributed by atoms with Crippen LogP contribution in [-0.2, 0) is 9.59 Å². The van der Waals surface area contributed by atoms with Crippen molar-refractivity contribution in [2.45, 2.75) is 44.6 Å². The van der Waals surface area contributed by atoms with Crippen LogP contribution in [0.15, 0.2) is 29.0 Å². The van der Waals surface area contributed by atoms with Crippen molar-refractivity contribution < 1.29 is 18.9 Å². The zero-order valence-corrected chi connectivity index (χ0v) is 16.6. The molecule has 30 heavy (non-hydrogen) atoms. The molecular formula is C19H23N7O4. The van der Waals surface area contributed by atoms with Crippen molar-refractivity contribution >= 4 is 23.9 Å². The number of aromatic nitrogens is 3. The predicted molar refractivity (Wildman–Crippen MR) is 105 cm³/mol. The topological polar surface area (TPSA) is 142 Å². The van der Waals surface area contributed by atoms with Crippen molar-refractivity contribution in [3.8, 4) is 11.4 Å². The first kappa shape index (κ1) is 19.8. The minimum absolute atomic E-state index is 0.0262. The first-order valence-electron chi connectivity index (χ1n) is 9.94. The summed E-state index contributed by atoms with van der Waals surface area (Å²) in [6, 6.07) is 2.87. The summed E-state index contributed by atoms with van der Waals surface area (Å²) in [5.74, 6) is -0.0161. The van der Waals surface area contributed by atoms with Gasteiger partial charge < -0.3 is 9.84 Å². The Balaban J connectivity index is 1.32. The molecule has 1 spiro atoms. The molecule has 11 heteroatoms. The van der Waals surface area contributed by atoms with E-state index in [0.29, 0.717) is 30.1 Å². The SMILES string of the molecule is CCC1CCC2(CC1)NC(=O)N(CC(=O)NNc1nc(-c3ccncc3)no1)C2=O. The minimum Gasteiger partial charge on any atom is -0.323 e. The van der Waals surface area contributed by atoms with Crippen LogP contribution in [-0.4, -0.2) is 50.0 Å². The maximum absolute atomic E-state index is 12.9. The second-order valence-corrected chi connectivity index (χ2v) is 7.59. The van der Waals surface area contributed by atoms with Crippen LogP contribution in [0.2, 0.25) is 0 Å². The van der Waals surface area contributed by atoms with E-state index in [1.165, 1.54) is 0 Å². The number of anilines is 1. The fraction of sp³-hybridized carbons (Fsp3) is 0.474. The van der Waals surface area contributed by atoms with Crippen LogP contribution in [0, 0.1) is 5.92 Å². The van der Waals surface area contributed by atoms with Gasteiger partial charge in [-0.05, 0) is 43.7 Å². The number of rotatable bonds is 6. The Bertz CT molecular complexity index is 937. The summed E-state index contributed by atoms with van der Waals surface area (Å²) in [4.78, 5) is 46.4. The number of urea groups is 1. The van der Waals surface area contributed by atoms with E-state index in [1.54, 1.807) is 24.5 Å². The molecule has 1 aliphatic heterocycles. The number of hydrazine groups is 1. The maximum atomic E-state index is 12.9. The number of nitrogens with zero attached hydrogens (tertiary/aromatic N) is 4. The number of hydrogen-bond acceptors (Lipinski definition) is 8. The number of nitrogens with one attached hydrogen (secondary N) is 3. The fourth-order valence-electron chi connectivity index (χ4n) is 3.94. The molecule has 11 nitrogen and oxygen atoms in total. The van der Waals surface area contributed by atoms with Crippen LogP contribution in [0.3, 0.4) is 0 Å². The van der Waals surface area contributed by atoms with Gasteiger partial charge in [-0.3, -0.25) is 24.9 Å². The minimum atomic E-state index is -0.873. The molecule has 2 aromatic heterocycles. The highest BCUT2D eigenvalue weighted by molar-refractivity contribution is 6.09. The fourth-order valence-corrected chi connectivity index (χ4v) is 3.94. The Morgan fingerprint density at radius 2 is 2.03 bits per heavy atom. The standard InChI is InChI=1S/C19H23N7O4/c1-2-12-3-7-19(8-4-12)16(28)26(18(29)22-19)11-14(27)23-24-17-21-15(25-30-17)13-5-9-20-10-6-13/h5-6,9-10,12H,2-4,7-8,11H2,1H3,(H,22,29)(H,23,27)(H,21,24,25). The lowest BCUT2D eigenvalue weighted by Gasteiger charge is -2.34. The van der Waals surface area contributed by atoms with Crippen molar-refractivity contribution in [1.29, 1.82) is 0 Å². The van der Waals surface area contributed by atoms with E-state index >= 15 is 0 Å². The van der Waals surface area contributed by atoms with Crippen molar-refractivity contribution in [1.82, 2.24) is 30.8 Å². The zero-order chi connectivity index (χ0) is 21.1. The Morgan fingerprint density at radius 3 is 2.73 bits per heavy atom. The average molecular weight is 413 g/mol. The summed E-state index contributed by atoms with van der Waals surface area (Å²) in [5.41, 5.74) is 4.70. The highest BCUT2D eigenvalue weighted by atomic mass is 16.5. The van der Waals surface area contributed by atoms with Crippen LogP contribution in [0.5, 0.6) is 0 Å². The number of carbonyl (C=O) groups is 3. The highest BCUT2D eigenvalue weighted by Gasteiger charge is 2.52. The molecule has 0 atom stereocenters. The number of pyridine rings is 1. The first-order chi connectivity index (χ1) is 14.5. The number of imide groups is 1. The third-order valence-electron chi connectivity index (χ3n) is 5.76. The summed E-state index contributed by atoms with van der Waals surface area (Å²) in [5, 5.41) is 6.61. The monoisotopic (exact) mass is 413 g/mol. The lowest BCUT2D eigenvalue weighted by molar-refractivity contribution is -0.136. The molecule has 1 saturated carbocycles. The molecule has 3 N–H and O–H groups in total. The van der Waals surface area contributed by atoms with E-state index in [9.17, 15) is 14.4 Å². The van der Waals surface area contributed by atoms with Gasteiger partial charge in [-0.1, -0.05) is 18.5 Å². The number of amides is 4. The first-order valence-corrected chi connectivity index (χ1v) is 9.94. The normalized spacial score (nSPS) is 23.5. The molecule has 4 rings (SSSR count). The van der Waals surface area contributed by atoms with Gasteiger partial charge >= 0.3 is 12.0 Å². The summed E-state index contributed by atoms with van der Waals surface area (Å²) in [6.07, 6.45) is 7.25. The molecule has 0 unspecified atom stereocenters. The lowest BCUT2D eigenvalue weighted by atomic mass is 9.75. The van der Waals surface area contributed by atoms with E-state index in [0.717, 1.165) is 24.2 Å². The van der Waals surface area contributed by atoms with Crippen molar-refractivity contribution in [3.05, 3.63) is 24.5 Å². The van der Waals surface area contributed by atoms with Crippen molar-refractivity contribution in [2.75, 3.05) is 12.0 Å². The third kappa shape index (κ3) is 3.82. The summed E-state index contributed by atoms with van der Waals surface area (Å²) < 4.78 is 5.03. The molecular weight excluding hydrogens is 390 g/mol. The van der Waals surface area contributed by atoms with Gasteiger partial charge in [0.05, 0.1) is 0 Å². The summed E-state index contributed by atoms with van der Waals surface area (Å²) in [7, 11) is 0. The van der Waals surface area contributed by atoms with Gasteiger partial charge in [-0.2, -0.15) is 4.98 Å². The second kappa shape index (κ2) is 8.09. The van der Waals surface area contributed by atoms with Crippen LogP contribution in [0.4, 0.5) is 10.8 Å². The number of hydrogen-bond donors (Lipinski definition) is 3. The van der Waals surface area contributed by atoms with E-state index in [-0.39, 0.29) is 11.9 Å². The molecule has 2 fully saturated rings. The number of carbonyl (C=O) groups excluding carboxylic acids is 3.